The molecule has 4 rings (SSSR count). The second kappa shape index (κ2) is 6.84. The number of carbonyl (C=O) groups excluding carboxylic acids is 1. The highest BCUT2D eigenvalue weighted by molar-refractivity contribution is 6.04. The molecule has 0 bridgehead atoms. The Kier molecular flexibility index (Phi) is 4.45. The number of imidazole rings is 1. The molecule has 0 unspecified atom stereocenters. The van der Waals surface area contributed by atoms with Gasteiger partial charge in [-0.2, -0.15) is 13.2 Å². The van der Waals surface area contributed by atoms with Crippen molar-refractivity contribution in [3.63, 3.8) is 0 Å². The molecule has 0 saturated heterocycles. The molecule has 0 aliphatic heterocycles. The van der Waals surface area contributed by atoms with Gasteiger partial charge in [-0.3, -0.25) is 10.1 Å². The zero-order valence-electron chi connectivity index (χ0n) is 15.5. The molecule has 3 aromatic heterocycles. The Labute approximate surface area is 162 Å². The number of halogens is 3. The van der Waals surface area contributed by atoms with E-state index in [4.69, 9.17) is 8.83 Å². The van der Waals surface area contributed by atoms with Crippen LogP contribution in [-0.4, -0.2) is 15.5 Å². The molecule has 1 amide bonds. The van der Waals surface area contributed by atoms with E-state index in [0.29, 0.717) is 28.4 Å². The molecular weight excluding hydrogens is 387 g/mol. The molecule has 1 aromatic carbocycles. The summed E-state index contributed by atoms with van der Waals surface area (Å²) in [7, 11) is 0. The van der Waals surface area contributed by atoms with Crippen LogP contribution in [0.15, 0.2) is 51.5 Å². The van der Waals surface area contributed by atoms with Crippen molar-refractivity contribution in [2.24, 2.45) is 0 Å². The lowest BCUT2D eigenvalue weighted by Crippen LogP contribution is -2.16. The quantitative estimate of drug-likeness (QED) is 0.511. The van der Waals surface area contributed by atoms with Crippen molar-refractivity contribution >= 4 is 22.9 Å². The lowest BCUT2D eigenvalue weighted by Gasteiger charge is -2.09. The number of nitrogens with zero attached hydrogens (tertiary/aromatic N) is 2. The van der Waals surface area contributed by atoms with Gasteiger partial charge in [0, 0.05) is 0 Å². The van der Waals surface area contributed by atoms with E-state index in [9.17, 15) is 18.0 Å². The highest BCUT2D eigenvalue weighted by Crippen LogP contribution is 2.32. The van der Waals surface area contributed by atoms with Gasteiger partial charge in [-0.1, -0.05) is 0 Å². The first kappa shape index (κ1) is 18.9. The molecule has 0 aliphatic rings. The molecule has 150 valence electrons. The van der Waals surface area contributed by atoms with E-state index >= 15 is 0 Å². The van der Waals surface area contributed by atoms with Gasteiger partial charge in [0.2, 0.25) is 5.95 Å². The molecular formula is C20H16F3N3O3. The fraction of sp³-hybridized carbons (Fsp3) is 0.200. The van der Waals surface area contributed by atoms with Crippen molar-refractivity contribution in [2.75, 3.05) is 5.32 Å². The number of carbonyl (C=O) groups is 1. The van der Waals surface area contributed by atoms with Crippen molar-refractivity contribution in [3.05, 3.63) is 71.1 Å². The molecule has 0 fully saturated rings. The van der Waals surface area contributed by atoms with Gasteiger partial charge < -0.3 is 13.4 Å². The Bertz CT molecular complexity index is 1190. The monoisotopic (exact) mass is 403 g/mol. The van der Waals surface area contributed by atoms with Crippen molar-refractivity contribution < 1.29 is 26.8 Å². The zero-order valence-corrected chi connectivity index (χ0v) is 15.5. The summed E-state index contributed by atoms with van der Waals surface area (Å²) >= 11 is 0. The summed E-state index contributed by atoms with van der Waals surface area (Å²) < 4.78 is 51.5. The van der Waals surface area contributed by atoms with Crippen LogP contribution in [0.5, 0.6) is 0 Å². The van der Waals surface area contributed by atoms with Crippen LogP contribution < -0.4 is 5.32 Å². The largest absolute Gasteiger partial charge is 0.467 e. The predicted octanol–water partition coefficient (Wildman–Crippen LogP) is 5.16. The fourth-order valence-electron chi connectivity index (χ4n) is 3.15. The Balaban J connectivity index is 1.78. The van der Waals surface area contributed by atoms with Crippen LogP contribution in [0.25, 0.3) is 11.0 Å². The number of anilines is 1. The first-order valence-electron chi connectivity index (χ1n) is 8.70. The van der Waals surface area contributed by atoms with Crippen molar-refractivity contribution in [2.45, 2.75) is 26.6 Å². The third-order valence-electron chi connectivity index (χ3n) is 4.48. The Hall–Kier alpha value is -3.49. The van der Waals surface area contributed by atoms with Gasteiger partial charge in [0.15, 0.2) is 0 Å². The Morgan fingerprint density at radius 1 is 1.21 bits per heavy atom. The molecule has 0 aliphatic carbocycles. The summed E-state index contributed by atoms with van der Waals surface area (Å²) in [5.74, 6) is 1.22. The number of fused-ring (bicyclic) bond motifs is 1. The molecule has 6 nitrogen and oxygen atoms in total. The lowest BCUT2D eigenvalue weighted by atomic mass is 10.2. The summed E-state index contributed by atoms with van der Waals surface area (Å²) in [4.78, 5) is 16.9. The molecule has 9 heteroatoms. The summed E-state index contributed by atoms with van der Waals surface area (Å²) in [5, 5.41) is 2.67. The number of furan rings is 2. The average Bonchev–Trinajstić information content (AvgIpc) is 3.34. The van der Waals surface area contributed by atoms with Crippen LogP contribution >= 0.6 is 0 Å². The Morgan fingerprint density at radius 3 is 2.62 bits per heavy atom. The number of hydrogen-bond acceptors (Lipinski definition) is 4. The average molecular weight is 403 g/mol. The predicted molar refractivity (Wildman–Crippen MR) is 98.7 cm³/mol. The van der Waals surface area contributed by atoms with E-state index in [1.165, 1.54) is 12.3 Å². The van der Waals surface area contributed by atoms with E-state index in [0.717, 1.165) is 12.1 Å². The van der Waals surface area contributed by atoms with Gasteiger partial charge in [-0.05, 0) is 50.2 Å². The van der Waals surface area contributed by atoms with Crippen LogP contribution in [-0.2, 0) is 12.7 Å². The van der Waals surface area contributed by atoms with Crippen LogP contribution in [0.4, 0.5) is 19.1 Å². The third-order valence-corrected chi connectivity index (χ3v) is 4.48. The van der Waals surface area contributed by atoms with E-state index in [2.05, 4.69) is 10.3 Å². The number of alkyl halides is 3. The van der Waals surface area contributed by atoms with Gasteiger partial charge in [0.25, 0.3) is 5.91 Å². The zero-order chi connectivity index (χ0) is 20.8. The van der Waals surface area contributed by atoms with E-state index in [1.807, 2.05) is 0 Å². The molecule has 0 radical (unpaired) electrons. The van der Waals surface area contributed by atoms with E-state index in [-0.39, 0.29) is 18.0 Å². The number of aromatic nitrogens is 2. The number of hydrogen-bond donors (Lipinski definition) is 1. The number of amides is 1. The maximum absolute atomic E-state index is 13.1. The fourth-order valence-corrected chi connectivity index (χ4v) is 3.15. The highest BCUT2D eigenvalue weighted by atomic mass is 19.4. The topological polar surface area (TPSA) is 73.2 Å². The maximum atomic E-state index is 13.1. The standard InChI is InChI=1S/C20H16F3N3O3/c1-11-8-15(12(2)29-11)18(27)25-19-24-16-9-13(20(21,22)23)5-6-17(16)26(19)10-14-4-3-7-28-14/h3-9H,10H2,1-2H3,(H,24,25,27). The number of aryl methyl sites for hydroxylation is 2. The van der Waals surface area contributed by atoms with E-state index in [1.54, 1.807) is 36.6 Å². The smallest absolute Gasteiger partial charge is 0.416 e. The minimum Gasteiger partial charge on any atom is -0.467 e. The number of nitrogens with one attached hydrogen (secondary N) is 1. The van der Waals surface area contributed by atoms with Crippen molar-refractivity contribution in [1.29, 1.82) is 0 Å². The molecule has 0 saturated carbocycles. The van der Waals surface area contributed by atoms with Crippen molar-refractivity contribution in [3.8, 4) is 0 Å². The second-order valence-corrected chi connectivity index (χ2v) is 6.58. The minimum atomic E-state index is -4.49. The molecule has 4 aromatic rings. The molecule has 3 heterocycles. The molecule has 29 heavy (non-hydrogen) atoms. The molecule has 0 atom stereocenters. The van der Waals surface area contributed by atoms with Gasteiger partial charge in [-0.15, -0.1) is 0 Å². The van der Waals surface area contributed by atoms with Crippen LogP contribution in [0.3, 0.4) is 0 Å². The lowest BCUT2D eigenvalue weighted by molar-refractivity contribution is -0.137. The normalized spacial score (nSPS) is 11.9. The highest BCUT2D eigenvalue weighted by Gasteiger charge is 2.31. The van der Waals surface area contributed by atoms with E-state index < -0.39 is 17.6 Å². The van der Waals surface area contributed by atoms with Gasteiger partial charge in [0.1, 0.15) is 17.3 Å². The van der Waals surface area contributed by atoms with Crippen LogP contribution in [0.1, 0.15) is 33.2 Å². The Morgan fingerprint density at radius 2 is 2.00 bits per heavy atom. The number of benzene rings is 1. The third kappa shape index (κ3) is 3.63. The second-order valence-electron chi connectivity index (χ2n) is 6.58. The molecule has 1 N–H and O–H groups in total. The SMILES string of the molecule is Cc1cc(C(=O)Nc2nc3cc(C(F)(F)F)ccc3n2Cc2ccco2)c(C)o1. The first-order valence-corrected chi connectivity index (χ1v) is 8.70. The maximum Gasteiger partial charge on any atom is 0.416 e. The first-order chi connectivity index (χ1) is 13.7. The van der Waals surface area contributed by atoms with Crippen LogP contribution in [0.2, 0.25) is 0 Å². The van der Waals surface area contributed by atoms with Gasteiger partial charge in [0.05, 0.1) is 35.0 Å². The van der Waals surface area contributed by atoms with Gasteiger partial charge in [-0.25, -0.2) is 4.98 Å². The van der Waals surface area contributed by atoms with Crippen molar-refractivity contribution in [1.82, 2.24) is 9.55 Å². The summed E-state index contributed by atoms with van der Waals surface area (Å²) in [6, 6.07) is 8.29. The summed E-state index contributed by atoms with van der Waals surface area (Å²) in [6.45, 7) is 3.56. The summed E-state index contributed by atoms with van der Waals surface area (Å²) in [5.41, 5.74) is 0.0634. The van der Waals surface area contributed by atoms with Gasteiger partial charge >= 0.3 is 6.18 Å². The number of rotatable bonds is 4. The van der Waals surface area contributed by atoms with Crippen LogP contribution in [0, 0.1) is 13.8 Å². The minimum absolute atomic E-state index is 0.110. The molecule has 0 spiro atoms. The summed E-state index contributed by atoms with van der Waals surface area (Å²) in [6.07, 6.45) is -3.00.